The van der Waals surface area contributed by atoms with Gasteiger partial charge in [0, 0.05) is 12.1 Å². The first-order valence-electron chi connectivity index (χ1n) is 5.82. The summed E-state index contributed by atoms with van der Waals surface area (Å²) < 4.78 is 6.67. The van der Waals surface area contributed by atoms with Gasteiger partial charge in [-0.3, -0.25) is 0 Å². The van der Waals surface area contributed by atoms with Crippen molar-refractivity contribution in [2.45, 2.75) is 19.9 Å². The summed E-state index contributed by atoms with van der Waals surface area (Å²) in [5.41, 5.74) is 4.80. The monoisotopic (exact) mass is 243 g/mol. The van der Waals surface area contributed by atoms with Crippen molar-refractivity contribution >= 4 is 5.97 Å². The zero-order valence-corrected chi connectivity index (χ0v) is 10.3. The quantitative estimate of drug-likeness (QED) is 0.714. The Morgan fingerprint density at radius 3 is 3.06 bits per heavy atom. The Morgan fingerprint density at radius 2 is 2.28 bits per heavy atom. The number of nitrogens with zero attached hydrogens (tertiary/aromatic N) is 3. The minimum absolute atomic E-state index is 0.306. The van der Waals surface area contributed by atoms with Gasteiger partial charge >= 0.3 is 5.97 Å². The third kappa shape index (κ3) is 1.44. The summed E-state index contributed by atoms with van der Waals surface area (Å²) in [5, 5.41) is 7.98. The summed E-state index contributed by atoms with van der Waals surface area (Å²) in [6.07, 6.45) is 2.65. The molecule has 0 spiro atoms. The van der Waals surface area contributed by atoms with Crippen molar-refractivity contribution in [1.29, 1.82) is 0 Å². The molecule has 0 atom stereocenters. The Hall–Kier alpha value is -2.17. The second-order valence-electron chi connectivity index (χ2n) is 4.36. The first-order chi connectivity index (χ1) is 8.72. The maximum absolute atomic E-state index is 11.7. The van der Waals surface area contributed by atoms with Gasteiger partial charge in [0.2, 0.25) is 0 Å². The number of ether oxygens (including phenoxy) is 1. The van der Waals surface area contributed by atoms with Gasteiger partial charge < -0.3 is 4.74 Å². The molecule has 3 rings (SSSR count). The van der Waals surface area contributed by atoms with Gasteiger partial charge in [-0.25, -0.2) is 9.48 Å². The van der Waals surface area contributed by atoms with Crippen LogP contribution >= 0.6 is 0 Å². The SMILES string of the molecule is COC(=O)c1ccc2c(c1C)-c1cnnn1CC2. The molecular formula is C13H13N3O2. The Morgan fingerprint density at radius 1 is 1.44 bits per heavy atom. The van der Waals surface area contributed by atoms with E-state index in [-0.39, 0.29) is 5.97 Å². The largest absolute Gasteiger partial charge is 0.465 e. The number of hydrogen-bond donors (Lipinski definition) is 0. The topological polar surface area (TPSA) is 57.0 Å². The Labute approximate surface area is 104 Å². The fraction of sp³-hybridized carbons (Fsp3) is 0.308. The van der Waals surface area contributed by atoms with Crippen molar-refractivity contribution in [2.75, 3.05) is 7.11 Å². The van der Waals surface area contributed by atoms with E-state index in [0.29, 0.717) is 5.56 Å². The van der Waals surface area contributed by atoms with E-state index in [1.165, 1.54) is 12.7 Å². The molecule has 2 aromatic rings. The maximum atomic E-state index is 11.7. The molecule has 0 saturated heterocycles. The van der Waals surface area contributed by atoms with E-state index < -0.39 is 0 Å². The minimum atomic E-state index is -0.306. The van der Waals surface area contributed by atoms with Crippen molar-refractivity contribution < 1.29 is 9.53 Å². The number of hydrogen-bond acceptors (Lipinski definition) is 4. The lowest BCUT2D eigenvalue weighted by Crippen LogP contribution is -2.15. The summed E-state index contributed by atoms with van der Waals surface area (Å²) in [6.45, 7) is 2.77. The van der Waals surface area contributed by atoms with Crippen LogP contribution in [0.25, 0.3) is 11.3 Å². The highest BCUT2D eigenvalue weighted by molar-refractivity contribution is 5.93. The molecule has 92 valence electrons. The highest BCUT2D eigenvalue weighted by Crippen LogP contribution is 2.33. The third-order valence-electron chi connectivity index (χ3n) is 3.42. The number of aryl methyl sites for hydroxylation is 2. The number of esters is 1. The lowest BCUT2D eigenvalue weighted by Gasteiger charge is -2.20. The van der Waals surface area contributed by atoms with E-state index in [9.17, 15) is 4.79 Å². The lowest BCUT2D eigenvalue weighted by molar-refractivity contribution is 0.0600. The van der Waals surface area contributed by atoms with Crippen LogP contribution in [0.4, 0.5) is 0 Å². The molecule has 0 bridgehead atoms. The van der Waals surface area contributed by atoms with Gasteiger partial charge in [-0.15, -0.1) is 5.10 Å². The van der Waals surface area contributed by atoms with Crippen LogP contribution in [0.3, 0.4) is 0 Å². The average Bonchev–Trinajstić information content (AvgIpc) is 2.86. The van der Waals surface area contributed by atoms with Crippen molar-refractivity contribution in [3.8, 4) is 11.3 Å². The number of carbonyl (C=O) groups excluding carboxylic acids is 1. The summed E-state index contributed by atoms with van der Waals surface area (Å²) in [7, 11) is 1.40. The summed E-state index contributed by atoms with van der Waals surface area (Å²) >= 11 is 0. The fourth-order valence-corrected chi connectivity index (χ4v) is 2.51. The van der Waals surface area contributed by atoms with Gasteiger partial charge in [-0.05, 0) is 30.5 Å². The first-order valence-corrected chi connectivity index (χ1v) is 5.82. The van der Waals surface area contributed by atoms with Gasteiger partial charge in [-0.2, -0.15) is 0 Å². The summed E-state index contributed by atoms with van der Waals surface area (Å²) in [4.78, 5) is 11.7. The smallest absolute Gasteiger partial charge is 0.338 e. The van der Waals surface area contributed by atoms with Crippen molar-refractivity contribution in [3.05, 3.63) is 35.0 Å². The lowest BCUT2D eigenvalue weighted by atomic mass is 9.91. The molecule has 2 heterocycles. The first kappa shape index (κ1) is 11.0. The van der Waals surface area contributed by atoms with E-state index in [1.54, 1.807) is 6.20 Å². The second kappa shape index (κ2) is 3.94. The molecule has 0 aliphatic carbocycles. The normalized spacial score (nSPS) is 12.8. The standard InChI is InChI=1S/C13H13N3O2/c1-8-10(13(17)18-2)4-3-9-5-6-16-11(12(8)9)7-14-15-16/h3-4,7H,5-6H2,1-2H3. The molecule has 0 unspecified atom stereocenters. The van der Waals surface area contributed by atoms with E-state index in [1.807, 2.05) is 23.7 Å². The Kier molecular flexibility index (Phi) is 2.40. The molecular weight excluding hydrogens is 230 g/mol. The summed E-state index contributed by atoms with van der Waals surface area (Å²) in [6, 6.07) is 3.82. The predicted octanol–water partition coefficient (Wildman–Crippen LogP) is 1.60. The number of aromatic nitrogens is 3. The number of rotatable bonds is 1. The molecule has 5 heteroatoms. The second-order valence-corrected chi connectivity index (χ2v) is 4.36. The van der Waals surface area contributed by atoms with Gasteiger partial charge in [0.15, 0.2) is 0 Å². The van der Waals surface area contributed by atoms with E-state index in [0.717, 1.165) is 29.8 Å². The van der Waals surface area contributed by atoms with Gasteiger partial charge in [-0.1, -0.05) is 11.3 Å². The Bertz CT molecular complexity index is 631. The molecule has 0 fully saturated rings. The molecule has 1 aromatic carbocycles. The molecule has 1 aliphatic rings. The van der Waals surface area contributed by atoms with Crippen LogP contribution < -0.4 is 0 Å². The zero-order valence-electron chi connectivity index (χ0n) is 10.3. The van der Waals surface area contributed by atoms with Crippen LogP contribution in [-0.4, -0.2) is 28.1 Å². The molecule has 1 aromatic heterocycles. The number of fused-ring (bicyclic) bond motifs is 3. The minimum Gasteiger partial charge on any atom is -0.465 e. The number of methoxy groups -OCH3 is 1. The molecule has 1 aliphatic heterocycles. The van der Waals surface area contributed by atoms with Crippen LogP contribution in [0, 0.1) is 6.92 Å². The van der Waals surface area contributed by atoms with Crippen LogP contribution in [0.1, 0.15) is 21.5 Å². The molecule has 0 amide bonds. The van der Waals surface area contributed by atoms with Crippen molar-refractivity contribution in [3.63, 3.8) is 0 Å². The summed E-state index contributed by atoms with van der Waals surface area (Å²) in [5.74, 6) is -0.306. The third-order valence-corrected chi connectivity index (χ3v) is 3.42. The number of benzene rings is 1. The molecule has 18 heavy (non-hydrogen) atoms. The van der Waals surface area contributed by atoms with E-state index >= 15 is 0 Å². The van der Waals surface area contributed by atoms with Crippen LogP contribution in [0.2, 0.25) is 0 Å². The fourth-order valence-electron chi connectivity index (χ4n) is 2.51. The molecule has 0 N–H and O–H groups in total. The predicted molar refractivity (Wildman–Crippen MR) is 65.2 cm³/mol. The highest BCUT2D eigenvalue weighted by atomic mass is 16.5. The van der Waals surface area contributed by atoms with Crippen molar-refractivity contribution in [2.24, 2.45) is 0 Å². The van der Waals surface area contributed by atoms with Gasteiger partial charge in [0.05, 0.1) is 24.6 Å². The average molecular weight is 243 g/mol. The zero-order chi connectivity index (χ0) is 12.7. The molecule has 0 radical (unpaired) electrons. The van der Waals surface area contributed by atoms with Gasteiger partial charge in [0.25, 0.3) is 0 Å². The van der Waals surface area contributed by atoms with Crippen LogP contribution in [-0.2, 0) is 17.7 Å². The van der Waals surface area contributed by atoms with Crippen LogP contribution in [0.15, 0.2) is 18.3 Å². The van der Waals surface area contributed by atoms with E-state index in [4.69, 9.17) is 4.74 Å². The Balaban J connectivity index is 2.24. The van der Waals surface area contributed by atoms with Crippen LogP contribution in [0.5, 0.6) is 0 Å². The number of carbonyl (C=O) groups is 1. The van der Waals surface area contributed by atoms with Crippen molar-refractivity contribution in [1.82, 2.24) is 15.0 Å². The molecule has 0 saturated carbocycles. The maximum Gasteiger partial charge on any atom is 0.338 e. The van der Waals surface area contributed by atoms with Gasteiger partial charge in [0.1, 0.15) is 0 Å². The van der Waals surface area contributed by atoms with E-state index in [2.05, 4.69) is 10.3 Å². The molecule has 5 nitrogen and oxygen atoms in total. The highest BCUT2D eigenvalue weighted by Gasteiger charge is 2.22.